The Morgan fingerprint density at radius 1 is 1.09 bits per heavy atom. The second-order valence-corrected chi connectivity index (χ2v) is 8.61. The number of halogens is 2. The van der Waals surface area contributed by atoms with Crippen LogP contribution in [-0.4, -0.2) is 5.78 Å². The fourth-order valence-electron chi connectivity index (χ4n) is 6.26. The van der Waals surface area contributed by atoms with Crippen molar-refractivity contribution < 1.29 is 4.79 Å². The average molecular weight is 339 g/mol. The van der Waals surface area contributed by atoms with Crippen molar-refractivity contribution in [1.29, 1.82) is 0 Å². The van der Waals surface area contributed by atoms with E-state index in [1.807, 2.05) is 5.54 Å². The Morgan fingerprint density at radius 3 is 2.68 bits per heavy atom. The van der Waals surface area contributed by atoms with Crippen LogP contribution in [0.2, 0.25) is 0 Å². The van der Waals surface area contributed by atoms with Gasteiger partial charge < -0.3 is 0 Å². The topological polar surface area (TPSA) is 17.1 Å². The molecule has 120 valence electrons. The Kier molecular flexibility index (Phi) is 3.73. The molecule has 0 aromatic heterocycles. The van der Waals surface area contributed by atoms with Crippen molar-refractivity contribution in [2.75, 3.05) is 0 Å². The maximum atomic E-state index is 11.9. The average Bonchev–Trinajstić information content (AvgIpc) is 2.87. The molecule has 0 heterocycles. The third kappa shape index (κ3) is 2.01. The highest BCUT2D eigenvalue weighted by Crippen LogP contribution is 2.63. The molecule has 0 radical (unpaired) electrons. The second-order valence-electron chi connectivity index (χ2n) is 8.01. The van der Waals surface area contributed by atoms with Crippen molar-refractivity contribution in [2.45, 2.75) is 58.3 Å². The lowest BCUT2D eigenvalue weighted by Gasteiger charge is -2.53. The molecule has 0 aromatic carbocycles. The summed E-state index contributed by atoms with van der Waals surface area (Å²) in [5.41, 5.74) is 4.98. The maximum Gasteiger partial charge on any atom is 0.174 e. The molecular weight excluding hydrogens is 315 g/mol. The summed E-state index contributed by atoms with van der Waals surface area (Å²) in [7, 11) is 0. The summed E-state index contributed by atoms with van der Waals surface area (Å²) in [4.78, 5) is 11.9. The van der Waals surface area contributed by atoms with Gasteiger partial charge in [0.15, 0.2) is 5.78 Å². The van der Waals surface area contributed by atoms with E-state index in [0.29, 0.717) is 22.8 Å². The van der Waals surface area contributed by atoms with Crippen molar-refractivity contribution in [3.63, 3.8) is 0 Å². The molecule has 0 N–H and O–H groups in total. The van der Waals surface area contributed by atoms with Crippen molar-refractivity contribution >= 4 is 29.0 Å². The van der Waals surface area contributed by atoms with E-state index in [4.69, 9.17) is 23.2 Å². The molecule has 0 spiro atoms. The monoisotopic (exact) mass is 338 g/mol. The highest BCUT2D eigenvalue weighted by molar-refractivity contribution is 6.43. The lowest BCUT2D eigenvalue weighted by atomic mass is 9.52. The summed E-state index contributed by atoms with van der Waals surface area (Å²) < 4.78 is 0. The van der Waals surface area contributed by atoms with Gasteiger partial charge in [0.25, 0.3) is 0 Å². The smallest absolute Gasteiger partial charge is 0.174 e. The van der Waals surface area contributed by atoms with Gasteiger partial charge in [-0.2, -0.15) is 0 Å². The van der Waals surface area contributed by atoms with Crippen LogP contribution in [-0.2, 0) is 4.79 Å². The van der Waals surface area contributed by atoms with Crippen LogP contribution in [0.15, 0.2) is 21.7 Å². The van der Waals surface area contributed by atoms with Gasteiger partial charge in [0.05, 0.1) is 5.03 Å². The number of ketones is 1. The Morgan fingerprint density at radius 2 is 1.91 bits per heavy atom. The van der Waals surface area contributed by atoms with Gasteiger partial charge in [0.1, 0.15) is 0 Å². The summed E-state index contributed by atoms with van der Waals surface area (Å²) in [6.45, 7) is 2.44. The van der Waals surface area contributed by atoms with Gasteiger partial charge in [-0.25, -0.2) is 0 Å². The van der Waals surface area contributed by atoms with Crippen molar-refractivity contribution in [2.24, 2.45) is 29.1 Å². The van der Waals surface area contributed by atoms with Gasteiger partial charge in [0.2, 0.25) is 0 Å². The first kappa shape index (κ1) is 15.3. The molecule has 3 saturated carbocycles. The number of carbonyl (C=O) groups excluding carboxylic acids is 1. The lowest BCUT2D eigenvalue weighted by molar-refractivity contribution is -0.116. The Hall–Kier alpha value is -0.270. The number of carbonyl (C=O) groups is 1. The number of fused-ring (bicyclic) bond motifs is 5. The van der Waals surface area contributed by atoms with Crippen LogP contribution in [0.5, 0.6) is 0 Å². The summed E-state index contributed by atoms with van der Waals surface area (Å²) in [5.74, 6) is 3.10. The summed E-state index contributed by atoms with van der Waals surface area (Å²) in [6.07, 6.45) is 8.97. The lowest BCUT2D eigenvalue weighted by Crippen LogP contribution is -2.45. The molecule has 4 aliphatic carbocycles. The number of rotatable bonds is 0. The summed E-state index contributed by atoms with van der Waals surface area (Å²) in [5, 5.41) is 0.593. The van der Waals surface area contributed by atoms with E-state index in [2.05, 4.69) is 6.92 Å². The molecule has 4 aliphatic rings. The Balaban J connectivity index is 1.66. The quantitative estimate of drug-likeness (QED) is 0.544. The van der Waals surface area contributed by atoms with Gasteiger partial charge in [-0.1, -0.05) is 35.7 Å². The molecule has 3 heteroatoms. The van der Waals surface area contributed by atoms with Crippen LogP contribution in [0.4, 0.5) is 0 Å². The first-order valence-corrected chi connectivity index (χ1v) is 9.59. The SMILES string of the molecule is C[C@]12CC[C@H]3[C@@H](CCC4=C(Cl)C(=O)CC[C@@H]43)[C@@H]1CC/C2=C/Cl. The maximum absolute atomic E-state index is 11.9. The number of Topliss-reactive ketones (excluding diaryl/α,β-unsaturated/α-hetero) is 1. The van der Waals surface area contributed by atoms with E-state index in [-0.39, 0.29) is 5.78 Å². The van der Waals surface area contributed by atoms with E-state index in [1.165, 1.54) is 43.3 Å². The molecule has 3 fully saturated rings. The predicted molar refractivity (Wildman–Crippen MR) is 90.8 cm³/mol. The highest BCUT2D eigenvalue weighted by Gasteiger charge is 2.54. The van der Waals surface area contributed by atoms with Crippen molar-refractivity contribution in [3.05, 3.63) is 21.7 Å². The molecule has 0 saturated heterocycles. The van der Waals surface area contributed by atoms with Crippen LogP contribution in [0, 0.1) is 29.1 Å². The molecule has 4 rings (SSSR count). The normalized spacial score (nSPS) is 46.5. The zero-order valence-electron chi connectivity index (χ0n) is 13.2. The van der Waals surface area contributed by atoms with E-state index >= 15 is 0 Å². The molecule has 0 unspecified atom stereocenters. The molecule has 5 atom stereocenters. The molecule has 0 aromatic rings. The van der Waals surface area contributed by atoms with E-state index in [0.717, 1.165) is 30.6 Å². The standard InChI is InChI=1S/C19H24Cl2O/c1-19-9-8-13-12-5-7-17(22)18(21)15(12)4-3-14(13)16(19)6-2-11(19)10-20/h10,12-14,16H,2-9H2,1H3/b11-10-/t12-,13-,14-,16+,19-/m1/s1. The molecule has 0 amide bonds. The van der Waals surface area contributed by atoms with E-state index in [1.54, 1.807) is 0 Å². The van der Waals surface area contributed by atoms with Crippen LogP contribution in [0.1, 0.15) is 58.3 Å². The van der Waals surface area contributed by atoms with Crippen LogP contribution in [0.25, 0.3) is 0 Å². The van der Waals surface area contributed by atoms with Crippen LogP contribution < -0.4 is 0 Å². The minimum absolute atomic E-state index is 0.181. The zero-order valence-corrected chi connectivity index (χ0v) is 14.7. The largest absolute Gasteiger partial charge is 0.293 e. The van der Waals surface area contributed by atoms with E-state index in [9.17, 15) is 4.79 Å². The van der Waals surface area contributed by atoms with Gasteiger partial charge in [-0.05, 0) is 79.6 Å². The second kappa shape index (κ2) is 5.38. The molecule has 22 heavy (non-hydrogen) atoms. The zero-order chi connectivity index (χ0) is 15.5. The third-order valence-electron chi connectivity index (χ3n) is 7.39. The molecule has 0 aliphatic heterocycles. The fourth-order valence-corrected chi connectivity index (χ4v) is 6.95. The minimum atomic E-state index is 0.181. The first-order chi connectivity index (χ1) is 10.6. The van der Waals surface area contributed by atoms with Crippen LogP contribution >= 0.6 is 23.2 Å². The summed E-state index contributed by atoms with van der Waals surface area (Å²) >= 11 is 12.5. The fraction of sp³-hybridized carbons (Fsp3) is 0.737. The van der Waals surface area contributed by atoms with Gasteiger partial charge in [0, 0.05) is 12.0 Å². The molecular formula is C19H24Cl2O. The number of hydrogen-bond donors (Lipinski definition) is 0. The van der Waals surface area contributed by atoms with Gasteiger partial charge in [-0.3, -0.25) is 4.79 Å². The Bertz CT molecular complexity index is 576. The number of hydrogen-bond acceptors (Lipinski definition) is 1. The van der Waals surface area contributed by atoms with E-state index < -0.39 is 0 Å². The molecule has 1 nitrogen and oxygen atoms in total. The third-order valence-corrected chi connectivity index (χ3v) is 8.11. The van der Waals surface area contributed by atoms with Gasteiger partial charge in [-0.15, -0.1) is 0 Å². The molecule has 0 bridgehead atoms. The Labute approximate surface area is 143 Å². The van der Waals surface area contributed by atoms with Crippen molar-refractivity contribution in [3.8, 4) is 0 Å². The van der Waals surface area contributed by atoms with Crippen molar-refractivity contribution in [1.82, 2.24) is 0 Å². The number of allylic oxidation sites excluding steroid dienone is 2. The van der Waals surface area contributed by atoms with Crippen LogP contribution in [0.3, 0.4) is 0 Å². The summed E-state index contributed by atoms with van der Waals surface area (Å²) in [6, 6.07) is 0. The minimum Gasteiger partial charge on any atom is -0.293 e. The predicted octanol–water partition coefficient (Wildman–Crippen LogP) is 5.82. The first-order valence-electron chi connectivity index (χ1n) is 8.77. The van der Waals surface area contributed by atoms with Gasteiger partial charge >= 0.3 is 0 Å². The highest BCUT2D eigenvalue weighted by atomic mass is 35.5.